The lowest BCUT2D eigenvalue weighted by molar-refractivity contribution is -0.384. The molecule has 1 aliphatic carbocycles. The van der Waals surface area contributed by atoms with E-state index in [0.717, 1.165) is 19.3 Å². The van der Waals surface area contributed by atoms with Gasteiger partial charge >= 0.3 is 5.69 Å². The van der Waals surface area contributed by atoms with Crippen molar-refractivity contribution in [2.24, 2.45) is 0 Å². The van der Waals surface area contributed by atoms with Crippen molar-refractivity contribution < 1.29 is 9.66 Å². The maximum atomic E-state index is 11.1. The molecule has 102 valence electrons. The molecular formula is C15H14N2O3. The Kier molecular flexibility index (Phi) is 3.02. The van der Waals surface area contributed by atoms with Gasteiger partial charge in [-0.05, 0) is 54.7 Å². The number of nitrogen functional groups attached to an aromatic ring is 1. The molecule has 0 saturated heterocycles. The highest BCUT2D eigenvalue weighted by Crippen LogP contribution is 2.36. The molecule has 0 unspecified atom stereocenters. The van der Waals surface area contributed by atoms with Gasteiger partial charge in [0.2, 0.25) is 5.75 Å². The molecule has 0 bridgehead atoms. The van der Waals surface area contributed by atoms with Crippen LogP contribution >= 0.6 is 0 Å². The van der Waals surface area contributed by atoms with E-state index in [1.807, 2.05) is 18.2 Å². The molecule has 2 aromatic rings. The fraction of sp³-hybridized carbons (Fsp3) is 0.200. The number of hydrogen-bond acceptors (Lipinski definition) is 4. The van der Waals surface area contributed by atoms with Crippen LogP contribution in [0.5, 0.6) is 11.5 Å². The Morgan fingerprint density at radius 1 is 1.15 bits per heavy atom. The molecule has 0 aliphatic heterocycles. The number of fused-ring (bicyclic) bond motifs is 1. The predicted molar refractivity (Wildman–Crippen MR) is 76.0 cm³/mol. The van der Waals surface area contributed by atoms with Crippen molar-refractivity contribution >= 4 is 11.4 Å². The number of aryl methyl sites for hydroxylation is 2. The number of para-hydroxylation sites is 1. The van der Waals surface area contributed by atoms with Gasteiger partial charge in [-0.15, -0.1) is 0 Å². The molecule has 0 aromatic heterocycles. The van der Waals surface area contributed by atoms with Crippen LogP contribution in [0.25, 0.3) is 0 Å². The Balaban J connectivity index is 1.95. The summed E-state index contributed by atoms with van der Waals surface area (Å²) >= 11 is 0. The lowest BCUT2D eigenvalue weighted by Gasteiger charge is -2.09. The van der Waals surface area contributed by atoms with Gasteiger partial charge in [0.1, 0.15) is 11.4 Å². The molecule has 0 radical (unpaired) electrons. The second-order valence-corrected chi connectivity index (χ2v) is 4.84. The van der Waals surface area contributed by atoms with Crippen LogP contribution in [0.3, 0.4) is 0 Å². The summed E-state index contributed by atoms with van der Waals surface area (Å²) in [5.74, 6) is 0.785. The number of benzene rings is 2. The van der Waals surface area contributed by atoms with E-state index in [-0.39, 0.29) is 17.1 Å². The van der Waals surface area contributed by atoms with Crippen LogP contribution in [0.15, 0.2) is 36.4 Å². The average Bonchev–Trinajstić information content (AvgIpc) is 2.85. The van der Waals surface area contributed by atoms with Crippen LogP contribution in [0.4, 0.5) is 11.4 Å². The molecule has 0 spiro atoms. The zero-order valence-electron chi connectivity index (χ0n) is 10.8. The van der Waals surface area contributed by atoms with Gasteiger partial charge in [-0.3, -0.25) is 10.1 Å². The predicted octanol–water partition coefficient (Wildman–Crippen LogP) is 3.46. The summed E-state index contributed by atoms with van der Waals surface area (Å²) in [6.45, 7) is 0. The number of nitro groups is 1. The Hall–Kier alpha value is -2.56. The van der Waals surface area contributed by atoms with E-state index in [4.69, 9.17) is 10.5 Å². The quantitative estimate of drug-likeness (QED) is 0.526. The summed E-state index contributed by atoms with van der Waals surface area (Å²) in [6, 6.07) is 10.5. The van der Waals surface area contributed by atoms with Gasteiger partial charge in [0.25, 0.3) is 0 Å². The third kappa shape index (κ3) is 2.18. The molecule has 2 aromatic carbocycles. The Labute approximate surface area is 116 Å². The molecule has 3 rings (SSSR count). The minimum Gasteiger partial charge on any atom is -0.450 e. The summed E-state index contributed by atoms with van der Waals surface area (Å²) in [7, 11) is 0. The number of nitro benzene ring substituents is 1. The van der Waals surface area contributed by atoms with Crippen LogP contribution in [0, 0.1) is 10.1 Å². The Morgan fingerprint density at radius 2 is 1.95 bits per heavy atom. The lowest BCUT2D eigenvalue weighted by atomic mass is 10.1. The van der Waals surface area contributed by atoms with Gasteiger partial charge in [0, 0.05) is 0 Å². The molecule has 2 N–H and O–H groups in total. The van der Waals surface area contributed by atoms with Crippen LogP contribution < -0.4 is 10.5 Å². The number of ether oxygens (including phenoxy) is 1. The first-order valence-electron chi connectivity index (χ1n) is 6.47. The van der Waals surface area contributed by atoms with Gasteiger partial charge in [0.05, 0.1) is 4.92 Å². The number of anilines is 1. The van der Waals surface area contributed by atoms with E-state index in [1.165, 1.54) is 17.2 Å². The maximum Gasteiger partial charge on any atom is 0.334 e. The minimum atomic E-state index is -0.516. The van der Waals surface area contributed by atoms with E-state index in [1.54, 1.807) is 12.1 Å². The van der Waals surface area contributed by atoms with E-state index in [2.05, 4.69) is 0 Å². The summed E-state index contributed by atoms with van der Waals surface area (Å²) in [6.07, 6.45) is 3.27. The van der Waals surface area contributed by atoms with E-state index >= 15 is 0 Å². The van der Waals surface area contributed by atoms with Crippen molar-refractivity contribution in [3.05, 3.63) is 57.6 Å². The van der Waals surface area contributed by atoms with Gasteiger partial charge in [-0.1, -0.05) is 12.1 Å². The SMILES string of the molecule is Nc1cccc(Oc2ccc3c(c2)CCC3)c1[N+](=O)[O-]. The molecule has 5 nitrogen and oxygen atoms in total. The lowest BCUT2D eigenvalue weighted by Crippen LogP contribution is -1.98. The second kappa shape index (κ2) is 4.85. The zero-order chi connectivity index (χ0) is 14.1. The fourth-order valence-electron chi connectivity index (χ4n) is 2.56. The maximum absolute atomic E-state index is 11.1. The molecule has 0 fully saturated rings. The van der Waals surface area contributed by atoms with Gasteiger partial charge < -0.3 is 10.5 Å². The first kappa shape index (κ1) is 12.5. The fourth-order valence-corrected chi connectivity index (χ4v) is 2.56. The highest BCUT2D eigenvalue weighted by Gasteiger charge is 2.20. The van der Waals surface area contributed by atoms with E-state index in [0.29, 0.717) is 5.75 Å². The highest BCUT2D eigenvalue weighted by molar-refractivity contribution is 5.66. The third-order valence-corrected chi connectivity index (χ3v) is 3.51. The molecule has 20 heavy (non-hydrogen) atoms. The van der Waals surface area contributed by atoms with Crippen molar-refractivity contribution in [3.63, 3.8) is 0 Å². The first-order valence-corrected chi connectivity index (χ1v) is 6.47. The third-order valence-electron chi connectivity index (χ3n) is 3.51. The van der Waals surface area contributed by atoms with Crippen molar-refractivity contribution in [2.75, 3.05) is 5.73 Å². The summed E-state index contributed by atoms with van der Waals surface area (Å²) < 4.78 is 5.66. The average molecular weight is 270 g/mol. The summed E-state index contributed by atoms with van der Waals surface area (Å²) in [4.78, 5) is 10.5. The van der Waals surface area contributed by atoms with E-state index < -0.39 is 4.92 Å². The normalized spacial score (nSPS) is 13.0. The molecule has 5 heteroatoms. The first-order chi connectivity index (χ1) is 9.65. The largest absolute Gasteiger partial charge is 0.450 e. The van der Waals surface area contributed by atoms with Gasteiger partial charge in [-0.25, -0.2) is 0 Å². The van der Waals surface area contributed by atoms with E-state index in [9.17, 15) is 10.1 Å². The Bertz CT molecular complexity index is 683. The van der Waals surface area contributed by atoms with Crippen LogP contribution in [-0.2, 0) is 12.8 Å². The molecule has 0 saturated carbocycles. The summed E-state index contributed by atoms with van der Waals surface area (Å²) in [5.41, 5.74) is 8.15. The molecule has 0 atom stereocenters. The smallest absolute Gasteiger partial charge is 0.334 e. The number of rotatable bonds is 3. The Morgan fingerprint density at radius 3 is 2.75 bits per heavy atom. The molecule has 0 amide bonds. The monoisotopic (exact) mass is 270 g/mol. The van der Waals surface area contributed by atoms with Crippen molar-refractivity contribution in [1.82, 2.24) is 0 Å². The molecular weight excluding hydrogens is 256 g/mol. The second-order valence-electron chi connectivity index (χ2n) is 4.84. The number of nitrogens with zero attached hydrogens (tertiary/aromatic N) is 1. The van der Waals surface area contributed by atoms with Crippen molar-refractivity contribution in [3.8, 4) is 11.5 Å². The molecule has 1 aliphatic rings. The number of nitrogens with two attached hydrogens (primary N) is 1. The standard InChI is InChI=1S/C15H14N2O3/c16-13-5-2-6-14(15(13)17(18)19)20-12-8-7-10-3-1-4-11(10)9-12/h2,5-9H,1,3-4,16H2. The molecule has 0 heterocycles. The van der Waals surface area contributed by atoms with Gasteiger partial charge in [0.15, 0.2) is 0 Å². The van der Waals surface area contributed by atoms with Crippen LogP contribution in [-0.4, -0.2) is 4.92 Å². The number of hydrogen-bond donors (Lipinski definition) is 1. The van der Waals surface area contributed by atoms with Crippen LogP contribution in [0.2, 0.25) is 0 Å². The van der Waals surface area contributed by atoms with Crippen molar-refractivity contribution in [2.45, 2.75) is 19.3 Å². The topological polar surface area (TPSA) is 78.4 Å². The summed E-state index contributed by atoms with van der Waals surface area (Å²) in [5, 5.41) is 11.1. The minimum absolute atomic E-state index is 0.105. The van der Waals surface area contributed by atoms with Gasteiger partial charge in [-0.2, -0.15) is 0 Å². The van der Waals surface area contributed by atoms with Crippen molar-refractivity contribution in [1.29, 1.82) is 0 Å². The highest BCUT2D eigenvalue weighted by atomic mass is 16.6. The zero-order valence-corrected chi connectivity index (χ0v) is 10.8. The van der Waals surface area contributed by atoms with Crippen LogP contribution in [0.1, 0.15) is 17.5 Å².